The van der Waals surface area contributed by atoms with Gasteiger partial charge in [0.2, 0.25) is 0 Å². The van der Waals surface area contributed by atoms with E-state index in [0.29, 0.717) is 11.7 Å². The Labute approximate surface area is 105 Å². The number of fused-ring (bicyclic) bond motifs is 1. The molecule has 1 aromatic rings. The quantitative estimate of drug-likeness (QED) is 0.864. The Morgan fingerprint density at radius 1 is 1.53 bits per heavy atom. The van der Waals surface area contributed by atoms with Crippen molar-refractivity contribution in [3.63, 3.8) is 0 Å². The van der Waals surface area contributed by atoms with Crippen LogP contribution < -0.4 is 10.1 Å². The van der Waals surface area contributed by atoms with Crippen LogP contribution in [0.5, 0.6) is 5.75 Å². The Morgan fingerprint density at radius 2 is 2.29 bits per heavy atom. The van der Waals surface area contributed by atoms with Crippen LogP contribution in [0.3, 0.4) is 0 Å². The molecule has 1 aromatic carbocycles. The molecule has 0 spiro atoms. The molecule has 17 heavy (non-hydrogen) atoms. The maximum atomic E-state index is 11.1. The molecule has 0 bridgehead atoms. The summed E-state index contributed by atoms with van der Waals surface area (Å²) in [5.41, 5.74) is 1.28. The number of ether oxygens (including phenoxy) is 1. The van der Waals surface area contributed by atoms with Gasteiger partial charge in [0.05, 0.1) is 6.61 Å². The molecule has 1 N–H and O–H groups in total. The van der Waals surface area contributed by atoms with Gasteiger partial charge >= 0.3 is 0 Å². The molecule has 1 aliphatic rings. The van der Waals surface area contributed by atoms with Crippen molar-refractivity contribution in [2.75, 3.05) is 25.2 Å². The minimum absolute atomic E-state index is 0.286. The van der Waals surface area contributed by atoms with Crippen molar-refractivity contribution in [3.05, 3.63) is 29.8 Å². The number of hydrogen-bond acceptors (Lipinski definition) is 3. The summed E-state index contributed by atoms with van der Waals surface area (Å²) >= 11 is 0. The normalized spacial score (nSPS) is 21.6. The van der Waals surface area contributed by atoms with Crippen LogP contribution in [0.15, 0.2) is 24.3 Å². The molecule has 94 valence electrons. The fourth-order valence-corrected chi connectivity index (χ4v) is 2.97. The Hall–Kier alpha value is -0.870. The molecular weight excluding hydrogens is 234 g/mol. The zero-order chi connectivity index (χ0) is 12.3. The van der Waals surface area contributed by atoms with Gasteiger partial charge in [0.15, 0.2) is 0 Å². The van der Waals surface area contributed by atoms with E-state index in [9.17, 15) is 4.21 Å². The highest BCUT2D eigenvalue weighted by Gasteiger charge is 2.23. The van der Waals surface area contributed by atoms with E-state index in [4.69, 9.17) is 4.74 Å². The van der Waals surface area contributed by atoms with Crippen LogP contribution in [0.4, 0.5) is 0 Å². The van der Waals surface area contributed by atoms with Gasteiger partial charge in [-0.2, -0.15) is 0 Å². The smallest absolute Gasteiger partial charge is 0.122 e. The van der Waals surface area contributed by atoms with Crippen molar-refractivity contribution in [2.45, 2.75) is 18.9 Å². The average molecular weight is 253 g/mol. The minimum Gasteiger partial charge on any atom is -0.493 e. The predicted octanol–water partition coefficient (Wildman–Crippen LogP) is 1.52. The van der Waals surface area contributed by atoms with Crippen molar-refractivity contribution >= 4 is 10.8 Å². The second-order valence-electron chi connectivity index (χ2n) is 4.59. The van der Waals surface area contributed by atoms with Gasteiger partial charge in [-0.05, 0) is 13.0 Å². The Kier molecular flexibility index (Phi) is 4.18. The Morgan fingerprint density at radius 3 is 3.06 bits per heavy atom. The SMILES string of the molecule is CC(CS(C)=O)NCC1COc2ccccc21. The Balaban J connectivity index is 1.87. The van der Waals surface area contributed by atoms with Crippen LogP contribution in [-0.2, 0) is 10.8 Å². The van der Waals surface area contributed by atoms with Gasteiger partial charge in [0.25, 0.3) is 0 Å². The second kappa shape index (κ2) is 5.65. The first-order valence-corrected chi connectivity index (χ1v) is 7.64. The molecule has 1 aliphatic heterocycles. The lowest BCUT2D eigenvalue weighted by Gasteiger charge is -2.15. The highest BCUT2D eigenvalue weighted by atomic mass is 32.2. The third-order valence-electron chi connectivity index (χ3n) is 3.00. The maximum absolute atomic E-state index is 11.1. The monoisotopic (exact) mass is 253 g/mol. The molecule has 0 saturated carbocycles. The topological polar surface area (TPSA) is 38.3 Å². The van der Waals surface area contributed by atoms with Gasteiger partial charge in [-0.1, -0.05) is 18.2 Å². The van der Waals surface area contributed by atoms with E-state index in [2.05, 4.69) is 18.3 Å². The number of rotatable bonds is 5. The van der Waals surface area contributed by atoms with Crippen LogP contribution in [-0.4, -0.2) is 35.4 Å². The predicted molar refractivity (Wildman–Crippen MR) is 71.1 cm³/mol. The Bertz CT molecular complexity index is 408. The van der Waals surface area contributed by atoms with Gasteiger partial charge in [0.1, 0.15) is 5.75 Å². The average Bonchev–Trinajstić information content (AvgIpc) is 2.69. The van der Waals surface area contributed by atoms with Crippen molar-refractivity contribution in [1.29, 1.82) is 0 Å². The first-order valence-electron chi connectivity index (χ1n) is 5.92. The molecule has 1 heterocycles. The molecule has 0 fully saturated rings. The van der Waals surface area contributed by atoms with E-state index >= 15 is 0 Å². The summed E-state index contributed by atoms with van der Waals surface area (Å²) in [5, 5.41) is 3.42. The summed E-state index contributed by atoms with van der Waals surface area (Å²) in [6.45, 7) is 3.70. The van der Waals surface area contributed by atoms with Gasteiger partial charge in [-0.3, -0.25) is 4.21 Å². The van der Waals surface area contributed by atoms with Gasteiger partial charge in [-0.15, -0.1) is 0 Å². The van der Waals surface area contributed by atoms with Crippen LogP contribution in [0.25, 0.3) is 0 Å². The zero-order valence-electron chi connectivity index (χ0n) is 10.3. The van der Waals surface area contributed by atoms with Crippen LogP contribution >= 0.6 is 0 Å². The van der Waals surface area contributed by atoms with Crippen molar-refractivity contribution in [3.8, 4) is 5.75 Å². The molecule has 3 atom stereocenters. The second-order valence-corrected chi connectivity index (χ2v) is 6.07. The van der Waals surface area contributed by atoms with Crippen LogP contribution in [0.1, 0.15) is 18.4 Å². The molecule has 2 rings (SSSR count). The van der Waals surface area contributed by atoms with Crippen molar-refractivity contribution in [1.82, 2.24) is 5.32 Å². The lowest BCUT2D eigenvalue weighted by Crippen LogP contribution is -2.34. The summed E-state index contributed by atoms with van der Waals surface area (Å²) in [6, 6.07) is 8.47. The van der Waals surface area contributed by atoms with E-state index in [0.717, 1.165) is 18.9 Å². The minimum atomic E-state index is -0.738. The summed E-state index contributed by atoms with van der Waals surface area (Å²) < 4.78 is 16.7. The number of benzene rings is 1. The fraction of sp³-hybridized carbons (Fsp3) is 0.538. The van der Waals surface area contributed by atoms with Crippen molar-refractivity contribution < 1.29 is 8.95 Å². The summed E-state index contributed by atoms with van der Waals surface area (Å²) in [5.74, 6) is 2.12. The summed E-state index contributed by atoms with van der Waals surface area (Å²) in [7, 11) is -0.738. The summed E-state index contributed by atoms with van der Waals surface area (Å²) in [6.07, 6.45) is 1.74. The molecule has 3 nitrogen and oxygen atoms in total. The molecule has 0 aromatic heterocycles. The van der Waals surface area contributed by atoms with E-state index in [-0.39, 0.29) is 6.04 Å². The van der Waals surface area contributed by atoms with Gasteiger partial charge in [-0.25, -0.2) is 0 Å². The summed E-state index contributed by atoms with van der Waals surface area (Å²) in [4.78, 5) is 0. The van der Waals surface area contributed by atoms with Crippen LogP contribution in [0.2, 0.25) is 0 Å². The van der Waals surface area contributed by atoms with E-state index in [1.54, 1.807) is 6.26 Å². The molecule has 0 radical (unpaired) electrons. The van der Waals surface area contributed by atoms with Gasteiger partial charge < -0.3 is 10.1 Å². The standard InChI is InChI=1S/C13H19NO2S/c1-10(9-17(2)15)14-7-11-8-16-13-6-4-3-5-12(11)13/h3-6,10-11,14H,7-9H2,1-2H3. The van der Waals surface area contributed by atoms with E-state index in [1.807, 2.05) is 18.2 Å². The first-order chi connectivity index (χ1) is 8.16. The number of nitrogens with one attached hydrogen (secondary N) is 1. The van der Waals surface area contributed by atoms with E-state index < -0.39 is 10.8 Å². The maximum Gasteiger partial charge on any atom is 0.122 e. The largest absolute Gasteiger partial charge is 0.493 e. The molecule has 0 amide bonds. The van der Waals surface area contributed by atoms with Crippen molar-refractivity contribution in [2.24, 2.45) is 0 Å². The zero-order valence-corrected chi connectivity index (χ0v) is 11.1. The third-order valence-corrected chi connectivity index (χ3v) is 3.97. The lowest BCUT2D eigenvalue weighted by molar-refractivity contribution is 0.324. The molecule has 0 aliphatic carbocycles. The molecule has 4 heteroatoms. The van der Waals surface area contributed by atoms with Gasteiger partial charge in [0, 0.05) is 46.9 Å². The first kappa shape index (κ1) is 12.6. The fourth-order valence-electron chi connectivity index (χ4n) is 2.15. The van der Waals surface area contributed by atoms with Crippen LogP contribution in [0, 0.1) is 0 Å². The number of para-hydroxylation sites is 1. The number of hydrogen-bond donors (Lipinski definition) is 1. The molecule has 3 unspecified atom stereocenters. The molecule has 0 saturated heterocycles. The highest BCUT2D eigenvalue weighted by molar-refractivity contribution is 7.84. The third kappa shape index (κ3) is 3.30. The highest BCUT2D eigenvalue weighted by Crippen LogP contribution is 2.32. The molecular formula is C13H19NO2S. The lowest BCUT2D eigenvalue weighted by atomic mass is 10.0. The van der Waals surface area contributed by atoms with E-state index in [1.165, 1.54) is 5.56 Å².